The Morgan fingerprint density at radius 2 is 1.95 bits per heavy atom. The number of carbonyl (C=O) groups is 1. The van der Waals surface area contributed by atoms with Crippen molar-refractivity contribution in [3.8, 4) is 0 Å². The van der Waals surface area contributed by atoms with Gasteiger partial charge in [0.05, 0.1) is 23.9 Å². The highest BCUT2D eigenvalue weighted by Crippen LogP contribution is 2.36. The Morgan fingerprint density at radius 1 is 1.24 bits per heavy atom. The van der Waals surface area contributed by atoms with Crippen LogP contribution in [0.3, 0.4) is 0 Å². The Morgan fingerprint density at radius 3 is 2.57 bits per heavy atom. The van der Waals surface area contributed by atoms with Crippen molar-refractivity contribution in [3.63, 3.8) is 0 Å². The molecule has 0 aromatic rings. The van der Waals surface area contributed by atoms with E-state index in [1.165, 1.54) is 11.4 Å². The third-order valence-corrected chi connectivity index (χ3v) is 7.18. The van der Waals surface area contributed by atoms with Crippen LogP contribution in [-0.2, 0) is 24.3 Å². The Bertz CT molecular complexity index is 492. The Kier molecular flexibility index (Phi) is 4.95. The van der Waals surface area contributed by atoms with Gasteiger partial charge in [0, 0.05) is 20.2 Å². The van der Waals surface area contributed by atoms with Gasteiger partial charge in [-0.1, -0.05) is 6.42 Å². The fraction of sp³-hybridized carbons (Fsp3) is 0.929. The van der Waals surface area contributed by atoms with Crippen molar-refractivity contribution in [1.82, 2.24) is 4.31 Å². The lowest BCUT2D eigenvalue weighted by Gasteiger charge is -2.40. The van der Waals surface area contributed by atoms with Crippen LogP contribution < -0.4 is 0 Å². The van der Waals surface area contributed by atoms with Crippen molar-refractivity contribution in [3.05, 3.63) is 0 Å². The highest BCUT2D eigenvalue weighted by molar-refractivity contribution is 7.89. The van der Waals surface area contributed by atoms with Gasteiger partial charge >= 0.3 is 5.97 Å². The van der Waals surface area contributed by atoms with Gasteiger partial charge in [-0.2, -0.15) is 4.31 Å². The van der Waals surface area contributed by atoms with E-state index in [1.807, 2.05) is 6.92 Å². The second-order valence-corrected chi connectivity index (χ2v) is 8.39. The summed E-state index contributed by atoms with van der Waals surface area (Å²) in [6.45, 7) is 2.79. The number of ether oxygens (including phenoxy) is 2. The van der Waals surface area contributed by atoms with E-state index >= 15 is 0 Å². The number of methoxy groups -OCH3 is 2. The molecular formula is C14H25NO5S. The first-order valence-electron chi connectivity index (χ1n) is 7.46. The minimum atomic E-state index is -3.49. The molecule has 1 saturated carbocycles. The highest BCUT2D eigenvalue weighted by Gasteiger charge is 2.47. The molecule has 0 aromatic heterocycles. The molecule has 1 aliphatic heterocycles. The number of esters is 1. The number of carbonyl (C=O) groups excluding carboxylic acids is 1. The molecule has 0 bridgehead atoms. The van der Waals surface area contributed by atoms with Gasteiger partial charge in [-0.05, 0) is 32.6 Å². The zero-order chi connectivity index (χ0) is 15.7. The van der Waals surface area contributed by atoms with E-state index in [2.05, 4.69) is 0 Å². The molecule has 21 heavy (non-hydrogen) atoms. The van der Waals surface area contributed by atoms with Gasteiger partial charge in [-0.25, -0.2) is 8.42 Å². The average Bonchev–Trinajstić information content (AvgIpc) is 2.96. The highest BCUT2D eigenvalue weighted by atomic mass is 32.2. The monoisotopic (exact) mass is 319 g/mol. The van der Waals surface area contributed by atoms with Crippen molar-refractivity contribution in [2.45, 2.75) is 49.9 Å². The average molecular weight is 319 g/mol. The first-order chi connectivity index (χ1) is 9.84. The van der Waals surface area contributed by atoms with E-state index in [0.29, 0.717) is 25.9 Å². The summed E-state index contributed by atoms with van der Waals surface area (Å²) in [4.78, 5) is 11.8. The van der Waals surface area contributed by atoms with Crippen LogP contribution in [0.15, 0.2) is 0 Å². The summed E-state index contributed by atoms with van der Waals surface area (Å²) in [6.07, 6.45) is 3.49. The maximum atomic E-state index is 12.9. The van der Waals surface area contributed by atoms with Crippen LogP contribution in [-0.4, -0.2) is 56.9 Å². The minimum absolute atomic E-state index is 0.357. The lowest BCUT2D eigenvalue weighted by Crippen LogP contribution is -2.52. The molecule has 6 nitrogen and oxygen atoms in total. The second kappa shape index (κ2) is 6.22. The van der Waals surface area contributed by atoms with Crippen molar-refractivity contribution in [1.29, 1.82) is 0 Å². The number of hydrogen-bond acceptors (Lipinski definition) is 5. The summed E-state index contributed by atoms with van der Waals surface area (Å²) in [5.41, 5.74) is -0.440. The minimum Gasteiger partial charge on any atom is -0.469 e. The molecule has 122 valence electrons. The van der Waals surface area contributed by atoms with Crippen molar-refractivity contribution >= 4 is 16.0 Å². The SMILES string of the molecule is COC(=O)C1CCCC1S(=O)(=O)N1CCCC(C)(OC)C1. The lowest BCUT2D eigenvalue weighted by atomic mass is 9.96. The van der Waals surface area contributed by atoms with E-state index in [9.17, 15) is 13.2 Å². The summed E-state index contributed by atoms with van der Waals surface area (Å²) < 4.78 is 37.5. The van der Waals surface area contributed by atoms with Gasteiger partial charge < -0.3 is 9.47 Å². The number of rotatable bonds is 4. The van der Waals surface area contributed by atoms with Crippen molar-refractivity contribution in [2.24, 2.45) is 5.92 Å². The van der Waals surface area contributed by atoms with E-state index in [4.69, 9.17) is 9.47 Å². The molecule has 2 fully saturated rings. The van der Waals surface area contributed by atoms with Crippen molar-refractivity contribution in [2.75, 3.05) is 27.3 Å². The van der Waals surface area contributed by atoms with Crippen molar-refractivity contribution < 1.29 is 22.7 Å². The molecule has 1 saturated heterocycles. The van der Waals surface area contributed by atoms with Gasteiger partial charge in [0.15, 0.2) is 0 Å². The topological polar surface area (TPSA) is 72.9 Å². The Labute approximate surface area is 126 Å². The van der Waals surface area contributed by atoms with Gasteiger partial charge in [0.1, 0.15) is 0 Å². The quantitative estimate of drug-likeness (QED) is 0.727. The van der Waals surface area contributed by atoms with Gasteiger partial charge in [0.25, 0.3) is 0 Å². The van der Waals surface area contributed by atoms with E-state index < -0.39 is 32.8 Å². The van der Waals surface area contributed by atoms with Gasteiger partial charge in [0.2, 0.25) is 10.0 Å². The summed E-state index contributed by atoms with van der Waals surface area (Å²) >= 11 is 0. The molecule has 0 radical (unpaired) electrons. The van der Waals surface area contributed by atoms with Gasteiger partial charge in [-0.15, -0.1) is 0 Å². The third kappa shape index (κ3) is 3.24. The molecule has 0 amide bonds. The fourth-order valence-electron chi connectivity index (χ4n) is 3.44. The van der Waals surface area contributed by atoms with Crippen LogP contribution in [0.5, 0.6) is 0 Å². The molecule has 2 aliphatic rings. The van der Waals surface area contributed by atoms with E-state index in [0.717, 1.165) is 19.3 Å². The summed E-state index contributed by atoms with van der Waals surface area (Å²) in [7, 11) is -0.568. The first kappa shape index (κ1) is 16.7. The molecular weight excluding hydrogens is 294 g/mol. The normalized spacial score (nSPS) is 34.8. The second-order valence-electron chi connectivity index (χ2n) is 6.24. The van der Waals surface area contributed by atoms with Gasteiger partial charge in [-0.3, -0.25) is 4.79 Å². The lowest BCUT2D eigenvalue weighted by molar-refractivity contribution is -0.145. The molecule has 7 heteroatoms. The molecule has 0 aromatic carbocycles. The summed E-state index contributed by atoms with van der Waals surface area (Å²) in [5.74, 6) is -0.941. The summed E-state index contributed by atoms with van der Waals surface area (Å²) in [6, 6.07) is 0. The molecule has 2 rings (SSSR count). The maximum Gasteiger partial charge on any atom is 0.310 e. The Balaban J connectivity index is 2.19. The standard InChI is InChI=1S/C14H25NO5S/c1-14(20-3)8-5-9-15(10-14)21(17,18)12-7-4-6-11(12)13(16)19-2/h11-12H,4-10H2,1-3H3. The van der Waals surface area contributed by atoms with Crippen LogP contribution in [0.25, 0.3) is 0 Å². The number of nitrogens with zero attached hydrogens (tertiary/aromatic N) is 1. The predicted molar refractivity (Wildman–Crippen MR) is 78.3 cm³/mol. The number of sulfonamides is 1. The van der Waals surface area contributed by atoms with Crippen LogP contribution in [0.2, 0.25) is 0 Å². The molecule has 1 heterocycles. The molecule has 1 aliphatic carbocycles. The van der Waals surface area contributed by atoms with E-state index in [1.54, 1.807) is 7.11 Å². The maximum absolute atomic E-state index is 12.9. The zero-order valence-corrected chi connectivity index (χ0v) is 13.8. The molecule has 0 N–H and O–H groups in total. The van der Waals surface area contributed by atoms with Crippen LogP contribution in [0, 0.1) is 5.92 Å². The van der Waals surface area contributed by atoms with Crippen LogP contribution >= 0.6 is 0 Å². The molecule has 3 atom stereocenters. The first-order valence-corrected chi connectivity index (χ1v) is 8.96. The van der Waals surface area contributed by atoms with Crippen LogP contribution in [0.1, 0.15) is 39.0 Å². The predicted octanol–water partition coefficient (Wildman–Crippen LogP) is 1.16. The molecule has 3 unspecified atom stereocenters. The number of piperidine rings is 1. The Hall–Kier alpha value is -0.660. The van der Waals surface area contributed by atoms with Crippen LogP contribution in [0.4, 0.5) is 0 Å². The zero-order valence-electron chi connectivity index (χ0n) is 13.0. The third-order valence-electron chi connectivity index (χ3n) is 4.82. The molecule has 0 spiro atoms. The largest absolute Gasteiger partial charge is 0.469 e. The fourth-order valence-corrected chi connectivity index (χ4v) is 5.79. The van der Waals surface area contributed by atoms with E-state index in [-0.39, 0.29) is 0 Å². The summed E-state index contributed by atoms with van der Waals surface area (Å²) in [5, 5.41) is -0.649. The number of hydrogen-bond donors (Lipinski definition) is 0. The smallest absolute Gasteiger partial charge is 0.310 e.